The van der Waals surface area contributed by atoms with Crippen LogP contribution in [0.1, 0.15) is 57.7 Å². The Morgan fingerprint density at radius 2 is 1.69 bits per heavy atom. The van der Waals surface area contributed by atoms with Gasteiger partial charge in [-0.1, -0.05) is 50.1 Å². The number of amides is 2. The number of rotatable bonds is 11. The van der Waals surface area contributed by atoms with Crippen LogP contribution in [0.2, 0.25) is 0 Å². The third-order valence-electron chi connectivity index (χ3n) is 5.22. The molecule has 0 aliphatic heterocycles. The second-order valence-corrected chi connectivity index (χ2v) is 7.92. The number of aryl methyl sites for hydroxylation is 1. The second-order valence-electron chi connectivity index (χ2n) is 7.92. The van der Waals surface area contributed by atoms with Crippen molar-refractivity contribution in [1.29, 1.82) is 0 Å². The van der Waals surface area contributed by atoms with E-state index in [0.717, 1.165) is 30.5 Å². The maximum absolute atomic E-state index is 13.3. The summed E-state index contributed by atoms with van der Waals surface area (Å²) in [6.07, 6.45) is 5.49. The summed E-state index contributed by atoms with van der Waals surface area (Å²) in [5, 5.41) is 0. The zero-order valence-electron chi connectivity index (χ0n) is 18.3. The van der Waals surface area contributed by atoms with Crippen LogP contribution >= 0.6 is 0 Å². The van der Waals surface area contributed by atoms with Crippen molar-refractivity contribution in [3.63, 3.8) is 0 Å². The normalized spacial score (nSPS) is 10.9. The van der Waals surface area contributed by atoms with E-state index >= 15 is 0 Å². The van der Waals surface area contributed by atoms with E-state index in [1.54, 1.807) is 4.90 Å². The van der Waals surface area contributed by atoms with Gasteiger partial charge in [0.15, 0.2) is 0 Å². The van der Waals surface area contributed by atoms with Gasteiger partial charge >= 0.3 is 0 Å². The highest BCUT2D eigenvalue weighted by Gasteiger charge is 2.24. The Balaban J connectivity index is 2.13. The van der Waals surface area contributed by atoms with Gasteiger partial charge in [-0.2, -0.15) is 0 Å². The summed E-state index contributed by atoms with van der Waals surface area (Å²) >= 11 is 0. The molecule has 29 heavy (non-hydrogen) atoms. The van der Waals surface area contributed by atoms with E-state index in [0.29, 0.717) is 19.5 Å². The molecule has 0 bridgehead atoms. The lowest BCUT2D eigenvalue weighted by molar-refractivity contribution is -0.142. The van der Waals surface area contributed by atoms with Crippen molar-refractivity contribution in [3.05, 3.63) is 59.9 Å². The van der Waals surface area contributed by atoms with Crippen molar-refractivity contribution in [3.8, 4) is 0 Å². The number of carbonyl (C=O) groups is 2. The van der Waals surface area contributed by atoms with E-state index in [-0.39, 0.29) is 24.4 Å². The Morgan fingerprint density at radius 1 is 0.966 bits per heavy atom. The number of aromatic nitrogens is 1. The van der Waals surface area contributed by atoms with E-state index in [4.69, 9.17) is 0 Å². The van der Waals surface area contributed by atoms with Gasteiger partial charge in [-0.15, -0.1) is 0 Å². The molecule has 0 radical (unpaired) electrons. The van der Waals surface area contributed by atoms with Gasteiger partial charge in [0.05, 0.1) is 13.1 Å². The molecule has 0 aliphatic rings. The molecular formula is C24H35N3O2. The van der Waals surface area contributed by atoms with Crippen molar-refractivity contribution in [2.75, 3.05) is 6.54 Å². The van der Waals surface area contributed by atoms with Crippen LogP contribution in [-0.2, 0) is 29.7 Å². The minimum absolute atomic E-state index is 0.00156. The highest BCUT2D eigenvalue weighted by atomic mass is 16.2. The van der Waals surface area contributed by atoms with E-state index < -0.39 is 0 Å². The molecule has 0 atom stereocenters. The molecule has 2 amide bonds. The highest BCUT2D eigenvalue weighted by molar-refractivity contribution is 5.85. The molecule has 1 aromatic carbocycles. The van der Waals surface area contributed by atoms with Crippen LogP contribution in [-0.4, -0.2) is 38.8 Å². The number of unbranched alkanes of at least 4 members (excludes halogenated alkanes) is 2. The summed E-state index contributed by atoms with van der Waals surface area (Å²) in [5.41, 5.74) is 2.15. The first-order chi connectivity index (χ1) is 13.9. The number of nitrogens with zero attached hydrogens (tertiary/aromatic N) is 3. The predicted octanol–water partition coefficient (Wildman–Crippen LogP) is 4.37. The topological polar surface area (TPSA) is 45.6 Å². The maximum atomic E-state index is 13.3. The van der Waals surface area contributed by atoms with E-state index in [1.807, 2.05) is 79.0 Å². The fraction of sp³-hybridized carbons (Fsp3) is 0.500. The molecule has 5 nitrogen and oxygen atoms in total. The van der Waals surface area contributed by atoms with Gasteiger partial charge in [0.2, 0.25) is 11.8 Å². The third kappa shape index (κ3) is 7.08. The van der Waals surface area contributed by atoms with Crippen molar-refractivity contribution in [2.24, 2.45) is 7.05 Å². The fourth-order valence-electron chi connectivity index (χ4n) is 3.37. The van der Waals surface area contributed by atoms with Gasteiger partial charge in [-0.25, -0.2) is 0 Å². The summed E-state index contributed by atoms with van der Waals surface area (Å²) in [6.45, 7) is 7.25. The smallest absolute Gasteiger partial charge is 0.242 e. The van der Waals surface area contributed by atoms with Crippen molar-refractivity contribution >= 4 is 11.8 Å². The Bertz CT molecular complexity index is 767. The zero-order valence-corrected chi connectivity index (χ0v) is 18.3. The monoisotopic (exact) mass is 397 g/mol. The second kappa shape index (κ2) is 11.4. The summed E-state index contributed by atoms with van der Waals surface area (Å²) in [6, 6.07) is 14.0. The van der Waals surface area contributed by atoms with Crippen LogP contribution in [0, 0.1) is 0 Å². The molecule has 0 aliphatic carbocycles. The van der Waals surface area contributed by atoms with Crippen LogP contribution in [0.3, 0.4) is 0 Å². The average Bonchev–Trinajstić information content (AvgIpc) is 3.10. The molecule has 5 heteroatoms. The Kier molecular flexibility index (Phi) is 8.97. The first-order valence-corrected chi connectivity index (χ1v) is 10.6. The quantitative estimate of drug-likeness (QED) is 0.529. The SMILES string of the molecule is CCCCCC(=O)N(CC(=O)N(Cc1ccccc1)Cc1cccn1C)C(C)C. The lowest BCUT2D eigenvalue weighted by Gasteiger charge is -2.30. The van der Waals surface area contributed by atoms with E-state index in [9.17, 15) is 9.59 Å². The van der Waals surface area contributed by atoms with Gasteiger partial charge in [-0.3, -0.25) is 9.59 Å². The van der Waals surface area contributed by atoms with Crippen molar-refractivity contribution in [2.45, 2.75) is 65.6 Å². The van der Waals surface area contributed by atoms with Gasteiger partial charge in [0.25, 0.3) is 0 Å². The average molecular weight is 398 g/mol. The summed E-state index contributed by atoms with van der Waals surface area (Å²) in [4.78, 5) is 29.5. The van der Waals surface area contributed by atoms with Gasteiger partial charge in [0.1, 0.15) is 0 Å². The molecule has 1 heterocycles. The molecule has 0 saturated carbocycles. The van der Waals surface area contributed by atoms with Crippen molar-refractivity contribution in [1.82, 2.24) is 14.4 Å². The molecule has 0 saturated heterocycles. The van der Waals surface area contributed by atoms with Crippen LogP contribution in [0.4, 0.5) is 0 Å². The molecule has 1 aromatic heterocycles. The molecule has 0 fully saturated rings. The van der Waals surface area contributed by atoms with Gasteiger partial charge < -0.3 is 14.4 Å². The Labute approximate surface area is 175 Å². The Hall–Kier alpha value is -2.56. The van der Waals surface area contributed by atoms with Gasteiger partial charge in [0, 0.05) is 37.9 Å². The van der Waals surface area contributed by atoms with Crippen LogP contribution in [0.5, 0.6) is 0 Å². The molecule has 0 spiro atoms. The van der Waals surface area contributed by atoms with Crippen LogP contribution in [0.25, 0.3) is 0 Å². The standard InChI is InChI=1S/C24H35N3O2/c1-5-6-8-15-23(28)27(20(2)3)19-24(29)26(17-21-12-9-7-10-13-21)18-22-14-11-16-25(22)4/h7,9-14,16,20H,5-6,8,15,17-19H2,1-4H3. The van der Waals surface area contributed by atoms with Gasteiger partial charge in [-0.05, 0) is 38.0 Å². The van der Waals surface area contributed by atoms with Crippen LogP contribution < -0.4 is 0 Å². The molecule has 2 aromatic rings. The number of carbonyl (C=O) groups excluding carboxylic acids is 2. The van der Waals surface area contributed by atoms with Crippen molar-refractivity contribution < 1.29 is 9.59 Å². The lowest BCUT2D eigenvalue weighted by atomic mass is 10.1. The minimum Gasteiger partial charge on any atom is -0.353 e. The third-order valence-corrected chi connectivity index (χ3v) is 5.22. The largest absolute Gasteiger partial charge is 0.353 e. The number of benzene rings is 1. The molecule has 0 N–H and O–H groups in total. The van der Waals surface area contributed by atoms with Crippen LogP contribution in [0.15, 0.2) is 48.7 Å². The van der Waals surface area contributed by atoms with E-state index in [1.165, 1.54) is 0 Å². The summed E-state index contributed by atoms with van der Waals surface area (Å²) < 4.78 is 2.03. The maximum Gasteiger partial charge on any atom is 0.242 e. The first kappa shape index (κ1) is 22.7. The minimum atomic E-state index is -0.0207. The molecular weight excluding hydrogens is 362 g/mol. The number of hydrogen-bond acceptors (Lipinski definition) is 2. The summed E-state index contributed by atoms with van der Waals surface area (Å²) in [5.74, 6) is 0.0490. The highest BCUT2D eigenvalue weighted by Crippen LogP contribution is 2.13. The van der Waals surface area contributed by atoms with E-state index in [2.05, 4.69) is 6.92 Å². The lowest BCUT2D eigenvalue weighted by Crippen LogP contribution is -2.45. The summed E-state index contributed by atoms with van der Waals surface area (Å²) in [7, 11) is 1.98. The Morgan fingerprint density at radius 3 is 2.28 bits per heavy atom. The molecule has 2 rings (SSSR count). The fourth-order valence-corrected chi connectivity index (χ4v) is 3.37. The number of hydrogen-bond donors (Lipinski definition) is 0. The molecule has 158 valence electrons. The first-order valence-electron chi connectivity index (χ1n) is 10.6. The zero-order chi connectivity index (χ0) is 21.2. The molecule has 0 unspecified atom stereocenters. The predicted molar refractivity (Wildman–Crippen MR) is 117 cm³/mol.